The average molecular weight is 255 g/mol. The molecule has 0 aromatic heterocycles. The molecule has 0 saturated heterocycles. The second-order valence-corrected chi connectivity index (χ2v) is 5.05. The lowest BCUT2D eigenvalue weighted by atomic mass is 10.0. The summed E-state index contributed by atoms with van der Waals surface area (Å²) >= 11 is 0. The van der Waals surface area contributed by atoms with Crippen LogP contribution in [0.3, 0.4) is 0 Å². The SMILES string of the molecule is CCCCC(C)C(=O)N(CC(=O)OCC)C1CC1. The van der Waals surface area contributed by atoms with Crippen molar-refractivity contribution in [1.29, 1.82) is 0 Å². The van der Waals surface area contributed by atoms with E-state index in [-0.39, 0.29) is 30.4 Å². The van der Waals surface area contributed by atoms with Gasteiger partial charge in [-0.2, -0.15) is 0 Å². The molecule has 1 unspecified atom stereocenters. The molecule has 18 heavy (non-hydrogen) atoms. The number of carbonyl (C=O) groups is 2. The fourth-order valence-corrected chi connectivity index (χ4v) is 2.04. The van der Waals surface area contributed by atoms with Gasteiger partial charge in [0.2, 0.25) is 5.91 Å². The van der Waals surface area contributed by atoms with Gasteiger partial charge in [-0.25, -0.2) is 0 Å². The van der Waals surface area contributed by atoms with Crippen molar-refractivity contribution >= 4 is 11.9 Å². The van der Waals surface area contributed by atoms with E-state index in [2.05, 4.69) is 6.92 Å². The number of ether oxygens (including phenoxy) is 1. The maximum absolute atomic E-state index is 12.3. The quantitative estimate of drug-likeness (QED) is 0.626. The van der Waals surface area contributed by atoms with Crippen molar-refractivity contribution in [3.8, 4) is 0 Å². The molecule has 104 valence electrons. The molecule has 1 aliphatic carbocycles. The zero-order valence-electron chi connectivity index (χ0n) is 11.8. The molecule has 1 fully saturated rings. The van der Waals surface area contributed by atoms with E-state index in [4.69, 9.17) is 4.74 Å². The molecule has 0 bridgehead atoms. The van der Waals surface area contributed by atoms with Gasteiger partial charge in [0.1, 0.15) is 6.54 Å². The molecule has 0 radical (unpaired) electrons. The van der Waals surface area contributed by atoms with Crippen LogP contribution in [-0.2, 0) is 14.3 Å². The first-order chi connectivity index (χ1) is 8.60. The van der Waals surface area contributed by atoms with E-state index < -0.39 is 0 Å². The van der Waals surface area contributed by atoms with Crippen LogP contribution in [0, 0.1) is 5.92 Å². The smallest absolute Gasteiger partial charge is 0.325 e. The van der Waals surface area contributed by atoms with E-state index in [1.54, 1.807) is 11.8 Å². The van der Waals surface area contributed by atoms with Crippen LogP contribution in [0.1, 0.15) is 52.9 Å². The van der Waals surface area contributed by atoms with Gasteiger partial charge in [-0.05, 0) is 26.2 Å². The molecule has 0 N–H and O–H groups in total. The largest absolute Gasteiger partial charge is 0.465 e. The summed E-state index contributed by atoms with van der Waals surface area (Å²) in [5, 5.41) is 0. The maximum atomic E-state index is 12.3. The highest BCUT2D eigenvalue weighted by molar-refractivity contribution is 5.84. The highest BCUT2D eigenvalue weighted by atomic mass is 16.5. The summed E-state index contributed by atoms with van der Waals surface area (Å²) in [4.78, 5) is 25.5. The van der Waals surface area contributed by atoms with Crippen molar-refractivity contribution in [1.82, 2.24) is 4.90 Å². The Labute approximate surface area is 110 Å². The Morgan fingerprint density at radius 3 is 2.50 bits per heavy atom. The number of unbranched alkanes of at least 4 members (excludes halogenated alkanes) is 1. The van der Waals surface area contributed by atoms with Crippen molar-refractivity contribution in [2.45, 2.75) is 58.9 Å². The van der Waals surface area contributed by atoms with E-state index in [1.807, 2.05) is 6.92 Å². The molecule has 4 nitrogen and oxygen atoms in total. The molecule has 1 amide bonds. The molecule has 0 aliphatic heterocycles. The Morgan fingerprint density at radius 2 is 2.00 bits per heavy atom. The Balaban J connectivity index is 2.50. The van der Waals surface area contributed by atoms with Crippen molar-refractivity contribution < 1.29 is 14.3 Å². The third-order valence-electron chi connectivity index (χ3n) is 3.29. The maximum Gasteiger partial charge on any atom is 0.325 e. The fourth-order valence-electron chi connectivity index (χ4n) is 2.04. The predicted octanol–water partition coefficient (Wildman–Crippen LogP) is 2.37. The summed E-state index contributed by atoms with van der Waals surface area (Å²) in [6.45, 7) is 6.35. The lowest BCUT2D eigenvalue weighted by Gasteiger charge is -2.24. The third-order valence-corrected chi connectivity index (χ3v) is 3.29. The number of hydrogen-bond acceptors (Lipinski definition) is 3. The van der Waals surface area contributed by atoms with Gasteiger partial charge in [-0.3, -0.25) is 9.59 Å². The number of esters is 1. The molecule has 1 rings (SSSR count). The molecule has 0 aromatic rings. The van der Waals surface area contributed by atoms with Crippen LogP contribution in [-0.4, -0.2) is 36.0 Å². The van der Waals surface area contributed by atoms with E-state index in [9.17, 15) is 9.59 Å². The van der Waals surface area contributed by atoms with Crippen LogP contribution in [0.5, 0.6) is 0 Å². The van der Waals surface area contributed by atoms with Crippen molar-refractivity contribution in [3.05, 3.63) is 0 Å². The van der Waals surface area contributed by atoms with E-state index in [0.29, 0.717) is 6.61 Å². The van der Waals surface area contributed by atoms with Gasteiger partial charge in [0.15, 0.2) is 0 Å². The summed E-state index contributed by atoms with van der Waals surface area (Å²) < 4.78 is 4.93. The first kappa shape index (κ1) is 15.0. The first-order valence-corrected chi connectivity index (χ1v) is 7.06. The number of amides is 1. The lowest BCUT2D eigenvalue weighted by molar-refractivity contribution is -0.150. The van der Waals surface area contributed by atoms with Crippen LogP contribution in [0.15, 0.2) is 0 Å². The molecule has 1 saturated carbocycles. The Hall–Kier alpha value is -1.06. The summed E-state index contributed by atoms with van der Waals surface area (Å²) in [7, 11) is 0. The van der Waals surface area contributed by atoms with Crippen LogP contribution in [0.2, 0.25) is 0 Å². The van der Waals surface area contributed by atoms with Crippen molar-refractivity contribution in [2.24, 2.45) is 5.92 Å². The first-order valence-electron chi connectivity index (χ1n) is 7.06. The number of hydrogen-bond donors (Lipinski definition) is 0. The van der Waals surface area contributed by atoms with E-state index in [1.165, 1.54) is 0 Å². The minimum atomic E-state index is -0.291. The summed E-state index contributed by atoms with van der Waals surface area (Å²) in [5.41, 5.74) is 0. The molecule has 0 spiro atoms. The van der Waals surface area contributed by atoms with Gasteiger partial charge in [0.05, 0.1) is 6.61 Å². The third kappa shape index (κ3) is 4.67. The zero-order chi connectivity index (χ0) is 13.5. The van der Waals surface area contributed by atoms with Gasteiger partial charge < -0.3 is 9.64 Å². The summed E-state index contributed by atoms with van der Waals surface area (Å²) in [5.74, 6) is -0.167. The van der Waals surface area contributed by atoms with Crippen LogP contribution < -0.4 is 0 Å². The van der Waals surface area contributed by atoms with E-state index >= 15 is 0 Å². The summed E-state index contributed by atoms with van der Waals surface area (Å²) in [6.07, 6.45) is 5.10. The van der Waals surface area contributed by atoms with Gasteiger partial charge >= 0.3 is 5.97 Å². The van der Waals surface area contributed by atoms with Gasteiger partial charge in [0, 0.05) is 12.0 Å². The van der Waals surface area contributed by atoms with Gasteiger partial charge in [0.25, 0.3) is 0 Å². The topological polar surface area (TPSA) is 46.6 Å². The Bertz CT molecular complexity index is 287. The second-order valence-electron chi connectivity index (χ2n) is 5.05. The fraction of sp³-hybridized carbons (Fsp3) is 0.857. The van der Waals surface area contributed by atoms with Crippen LogP contribution >= 0.6 is 0 Å². The van der Waals surface area contributed by atoms with Gasteiger partial charge in [-0.1, -0.05) is 26.7 Å². The number of nitrogens with zero attached hydrogens (tertiary/aromatic N) is 1. The molecule has 4 heteroatoms. The van der Waals surface area contributed by atoms with Crippen molar-refractivity contribution in [2.75, 3.05) is 13.2 Å². The normalized spacial score (nSPS) is 16.2. The van der Waals surface area contributed by atoms with Crippen molar-refractivity contribution in [3.63, 3.8) is 0 Å². The highest BCUT2D eigenvalue weighted by Crippen LogP contribution is 2.28. The van der Waals surface area contributed by atoms with Gasteiger partial charge in [-0.15, -0.1) is 0 Å². The highest BCUT2D eigenvalue weighted by Gasteiger charge is 2.35. The molecule has 0 heterocycles. The predicted molar refractivity (Wildman–Crippen MR) is 70.1 cm³/mol. The Kier molecular flexibility index (Phi) is 6.16. The number of carbonyl (C=O) groups excluding carboxylic acids is 2. The minimum Gasteiger partial charge on any atom is -0.465 e. The summed E-state index contributed by atoms with van der Waals surface area (Å²) in [6, 6.07) is 0.269. The van der Waals surface area contributed by atoms with E-state index in [0.717, 1.165) is 32.1 Å². The second kappa shape index (κ2) is 7.39. The Morgan fingerprint density at radius 1 is 1.33 bits per heavy atom. The number of rotatable bonds is 8. The standard InChI is InChI=1S/C14H25NO3/c1-4-6-7-11(3)14(17)15(12-8-9-12)10-13(16)18-5-2/h11-12H,4-10H2,1-3H3. The molecular formula is C14H25NO3. The van der Waals surface area contributed by atoms with Crippen LogP contribution in [0.25, 0.3) is 0 Å². The molecule has 0 aromatic carbocycles. The molecule has 1 aliphatic rings. The van der Waals surface area contributed by atoms with Crippen LogP contribution in [0.4, 0.5) is 0 Å². The molecule has 1 atom stereocenters. The monoisotopic (exact) mass is 255 g/mol. The molecular weight excluding hydrogens is 230 g/mol. The zero-order valence-corrected chi connectivity index (χ0v) is 11.8. The lowest BCUT2D eigenvalue weighted by Crippen LogP contribution is -2.41. The minimum absolute atomic E-state index is 0.0139. The average Bonchev–Trinajstić information content (AvgIpc) is 3.16.